The molecule has 2 aromatic rings. The second-order valence-electron chi connectivity index (χ2n) is 7.16. The van der Waals surface area contributed by atoms with E-state index in [-0.39, 0.29) is 18.1 Å². The van der Waals surface area contributed by atoms with E-state index in [2.05, 4.69) is 27.6 Å². The van der Waals surface area contributed by atoms with Crippen LogP contribution >= 0.6 is 0 Å². The van der Waals surface area contributed by atoms with E-state index in [1.54, 1.807) is 4.90 Å². The SMILES string of the molecule is CC(=O)NCC1CN(c2ccc(N3Cc4cn(C)nc4C3)cc2C)C(=O)O1. The molecule has 2 aliphatic rings. The summed E-state index contributed by atoms with van der Waals surface area (Å²) >= 11 is 0. The maximum atomic E-state index is 12.2. The second-order valence-corrected chi connectivity index (χ2v) is 7.16. The Balaban J connectivity index is 1.47. The number of nitrogens with zero attached hydrogens (tertiary/aromatic N) is 4. The first-order valence-electron chi connectivity index (χ1n) is 9.00. The largest absolute Gasteiger partial charge is 0.442 e. The summed E-state index contributed by atoms with van der Waals surface area (Å²) in [6.45, 7) is 5.83. The topological polar surface area (TPSA) is 79.7 Å². The van der Waals surface area contributed by atoms with Gasteiger partial charge in [-0.15, -0.1) is 0 Å². The van der Waals surface area contributed by atoms with Crippen LogP contribution in [0.3, 0.4) is 0 Å². The number of fused-ring (bicyclic) bond motifs is 1. The third kappa shape index (κ3) is 3.34. The molecule has 2 amide bonds. The van der Waals surface area contributed by atoms with Crippen molar-refractivity contribution in [2.24, 2.45) is 7.05 Å². The van der Waals surface area contributed by atoms with Gasteiger partial charge in [-0.2, -0.15) is 5.10 Å². The number of amides is 2. The number of carbonyl (C=O) groups excluding carboxylic acids is 2. The lowest BCUT2D eigenvalue weighted by Gasteiger charge is -2.22. The fourth-order valence-corrected chi connectivity index (χ4v) is 3.69. The van der Waals surface area contributed by atoms with Gasteiger partial charge in [0.15, 0.2) is 0 Å². The smallest absolute Gasteiger partial charge is 0.414 e. The van der Waals surface area contributed by atoms with E-state index in [0.29, 0.717) is 13.1 Å². The third-order valence-electron chi connectivity index (χ3n) is 4.98. The van der Waals surface area contributed by atoms with E-state index in [9.17, 15) is 9.59 Å². The predicted molar refractivity (Wildman–Crippen MR) is 101 cm³/mol. The van der Waals surface area contributed by atoms with Crippen molar-refractivity contribution in [3.05, 3.63) is 41.2 Å². The fourth-order valence-electron chi connectivity index (χ4n) is 3.69. The van der Waals surface area contributed by atoms with Crippen LogP contribution in [0.25, 0.3) is 0 Å². The van der Waals surface area contributed by atoms with Crippen LogP contribution in [-0.2, 0) is 29.7 Å². The molecule has 8 nitrogen and oxygen atoms in total. The molecule has 0 aliphatic carbocycles. The molecule has 142 valence electrons. The molecule has 1 aromatic heterocycles. The Morgan fingerprint density at radius 2 is 2.19 bits per heavy atom. The van der Waals surface area contributed by atoms with Gasteiger partial charge in [0.2, 0.25) is 5.91 Å². The minimum atomic E-state index is -0.376. The van der Waals surface area contributed by atoms with Crippen molar-refractivity contribution in [2.45, 2.75) is 33.0 Å². The summed E-state index contributed by atoms with van der Waals surface area (Å²) in [7, 11) is 1.94. The average molecular weight is 369 g/mol. The summed E-state index contributed by atoms with van der Waals surface area (Å²) in [5.74, 6) is -0.133. The molecule has 1 unspecified atom stereocenters. The minimum absolute atomic E-state index is 0.133. The van der Waals surface area contributed by atoms with Crippen LogP contribution in [0.1, 0.15) is 23.7 Å². The number of anilines is 2. The third-order valence-corrected chi connectivity index (χ3v) is 4.98. The Labute approximate surface area is 157 Å². The van der Waals surface area contributed by atoms with E-state index in [4.69, 9.17) is 4.74 Å². The van der Waals surface area contributed by atoms with Crippen molar-refractivity contribution < 1.29 is 14.3 Å². The lowest BCUT2D eigenvalue weighted by Crippen LogP contribution is -2.33. The average Bonchev–Trinajstić information content (AvgIpc) is 3.25. The molecule has 3 heterocycles. The maximum absolute atomic E-state index is 12.2. The van der Waals surface area contributed by atoms with Crippen LogP contribution < -0.4 is 15.1 Å². The number of hydrogen-bond donors (Lipinski definition) is 1. The number of cyclic esters (lactones) is 1. The highest BCUT2D eigenvalue weighted by Gasteiger charge is 2.33. The van der Waals surface area contributed by atoms with Gasteiger partial charge in [0.25, 0.3) is 0 Å². The zero-order chi connectivity index (χ0) is 19.1. The van der Waals surface area contributed by atoms with E-state index in [0.717, 1.165) is 35.7 Å². The predicted octanol–water partition coefficient (Wildman–Crippen LogP) is 1.71. The highest BCUT2D eigenvalue weighted by molar-refractivity contribution is 5.91. The summed E-state index contributed by atoms with van der Waals surface area (Å²) < 4.78 is 7.21. The van der Waals surface area contributed by atoms with Crippen molar-refractivity contribution in [3.63, 3.8) is 0 Å². The quantitative estimate of drug-likeness (QED) is 0.888. The molecule has 4 rings (SSSR count). The van der Waals surface area contributed by atoms with E-state index < -0.39 is 0 Å². The molecule has 0 radical (unpaired) electrons. The monoisotopic (exact) mass is 369 g/mol. The van der Waals surface area contributed by atoms with Crippen LogP contribution in [0.2, 0.25) is 0 Å². The van der Waals surface area contributed by atoms with E-state index in [1.165, 1.54) is 12.5 Å². The summed E-state index contributed by atoms with van der Waals surface area (Å²) in [6, 6.07) is 6.08. The number of nitrogens with one attached hydrogen (secondary N) is 1. The van der Waals surface area contributed by atoms with Crippen LogP contribution in [0.15, 0.2) is 24.4 Å². The van der Waals surface area contributed by atoms with Crippen LogP contribution in [0, 0.1) is 6.92 Å². The Morgan fingerprint density at radius 3 is 2.89 bits per heavy atom. The van der Waals surface area contributed by atoms with Gasteiger partial charge in [-0.3, -0.25) is 14.4 Å². The normalized spacial score (nSPS) is 18.6. The number of hydrogen-bond acceptors (Lipinski definition) is 5. The number of benzene rings is 1. The Kier molecular flexibility index (Phi) is 4.25. The van der Waals surface area contributed by atoms with Crippen LogP contribution in [-0.4, -0.2) is 41.0 Å². The fraction of sp³-hybridized carbons (Fsp3) is 0.421. The first-order chi connectivity index (χ1) is 12.9. The molecule has 1 saturated heterocycles. The van der Waals surface area contributed by atoms with Crippen molar-refractivity contribution in [2.75, 3.05) is 22.9 Å². The zero-order valence-corrected chi connectivity index (χ0v) is 15.7. The molecule has 27 heavy (non-hydrogen) atoms. The molecular formula is C19H23N5O3. The number of aryl methyl sites for hydroxylation is 2. The molecule has 1 N–H and O–H groups in total. The summed E-state index contributed by atoms with van der Waals surface area (Å²) in [5, 5.41) is 7.19. The molecule has 1 fully saturated rings. The Bertz CT molecular complexity index is 883. The Hall–Kier alpha value is -3.03. The van der Waals surface area contributed by atoms with Gasteiger partial charge in [-0.25, -0.2) is 4.79 Å². The van der Waals surface area contributed by atoms with Gasteiger partial charge in [0.05, 0.1) is 31.0 Å². The Morgan fingerprint density at radius 1 is 1.37 bits per heavy atom. The maximum Gasteiger partial charge on any atom is 0.414 e. The molecule has 8 heteroatoms. The van der Waals surface area contributed by atoms with E-state index in [1.807, 2.05) is 30.8 Å². The van der Waals surface area contributed by atoms with Gasteiger partial charge < -0.3 is 15.0 Å². The molecule has 0 bridgehead atoms. The van der Waals surface area contributed by atoms with Gasteiger partial charge in [-0.05, 0) is 30.7 Å². The number of rotatable bonds is 4. The van der Waals surface area contributed by atoms with Crippen LogP contribution in [0.4, 0.5) is 16.2 Å². The molecule has 1 atom stereocenters. The number of carbonyl (C=O) groups is 2. The van der Waals surface area contributed by atoms with Gasteiger partial charge >= 0.3 is 6.09 Å². The highest BCUT2D eigenvalue weighted by Crippen LogP contribution is 2.32. The molecular weight excluding hydrogens is 346 g/mol. The lowest BCUT2D eigenvalue weighted by molar-refractivity contribution is -0.119. The summed E-state index contributed by atoms with van der Waals surface area (Å²) in [6.07, 6.45) is 1.35. The van der Waals surface area contributed by atoms with Crippen molar-refractivity contribution in [3.8, 4) is 0 Å². The van der Waals surface area contributed by atoms with Gasteiger partial charge in [0.1, 0.15) is 6.10 Å². The standard InChI is InChI=1S/C19H23N5O3/c1-12-6-15(23-9-14-8-22(3)21-17(14)11-23)4-5-18(12)24-10-16(27-19(24)26)7-20-13(2)25/h4-6,8,16H,7,9-11H2,1-3H3,(H,20,25). The number of aromatic nitrogens is 2. The van der Waals surface area contributed by atoms with Crippen molar-refractivity contribution in [1.82, 2.24) is 15.1 Å². The first-order valence-corrected chi connectivity index (χ1v) is 9.00. The van der Waals surface area contributed by atoms with Crippen molar-refractivity contribution >= 4 is 23.4 Å². The molecule has 0 spiro atoms. The van der Waals surface area contributed by atoms with Gasteiger partial charge in [-0.1, -0.05) is 0 Å². The summed E-state index contributed by atoms with van der Waals surface area (Å²) in [5.41, 5.74) is 5.32. The first kappa shape index (κ1) is 17.4. The molecule has 0 saturated carbocycles. The van der Waals surface area contributed by atoms with Crippen LogP contribution in [0.5, 0.6) is 0 Å². The highest BCUT2D eigenvalue weighted by atomic mass is 16.6. The molecule has 2 aliphatic heterocycles. The molecule has 1 aromatic carbocycles. The van der Waals surface area contributed by atoms with Gasteiger partial charge in [0, 0.05) is 38.0 Å². The van der Waals surface area contributed by atoms with Crippen molar-refractivity contribution in [1.29, 1.82) is 0 Å². The summed E-state index contributed by atoms with van der Waals surface area (Å²) in [4.78, 5) is 27.2. The lowest BCUT2D eigenvalue weighted by atomic mass is 10.1. The number of ether oxygens (including phenoxy) is 1. The minimum Gasteiger partial charge on any atom is -0.442 e. The zero-order valence-electron chi connectivity index (χ0n) is 15.7. The van der Waals surface area contributed by atoms with E-state index >= 15 is 0 Å². The second kappa shape index (κ2) is 6.61.